The van der Waals surface area contributed by atoms with Crippen LogP contribution < -0.4 is 0 Å². The molecule has 2 rings (SSSR count). The largest absolute Gasteiger partial charge is 0.356 e. The molecule has 56 valence electrons. The van der Waals surface area contributed by atoms with Gasteiger partial charge in [0.2, 0.25) is 0 Å². The maximum Gasteiger partial charge on any atom is 0.174 e. The molecule has 0 radical (unpaired) electrons. The summed E-state index contributed by atoms with van der Waals surface area (Å²) in [6.45, 7) is 0.760. The van der Waals surface area contributed by atoms with Crippen LogP contribution in [0.4, 0.5) is 0 Å². The number of hydrogen-bond acceptors (Lipinski definition) is 3. The molecule has 2 nitrogen and oxygen atoms in total. The lowest BCUT2D eigenvalue weighted by molar-refractivity contribution is -0.128. The number of carbonyl (C=O) groups excluding carboxylic acids is 1. The van der Waals surface area contributed by atoms with E-state index in [9.17, 15) is 4.79 Å². The first kappa shape index (κ1) is 6.68. The summed E-state index contributed by atoms with van der Waals surface area (Å²) in [5.74, 6) is 1.31. The molecule has 1 saturated heterocycles. The third kappa shape index (κ3) is 0.805. The van der Waals surface area contributed by atoms with Gasteiger partial charge in [-0.3, -0.25) is 4.79 Å². The molecule has 0 aromatic heterocycles. The second-order valence-electron chi connectivity index (χ2n) is 2.73. The molecule has 1 aliphatic carbocycles. The molecular weight excluding hydrogens is 148 g/mol. The molecule has 2 fully saturated rings. The minimum atomic E-state index is -0.375. The van der Waals surface area contributed by atoms with E-state index in [-0.39, 0.29) is 4.93 Å². The molecule has 3 heteroatoms. The number of Topliss-reactive ketones (excluding diaryl/α,β-unsaturated/α-hetero) is 1. The Hall–Kier alpha value is -0.0200. The molecule has 2 aliphatic rings. The topological polar surface area (TPSA) is 26.3 Å². The maximum absolute atomic E-state index is 11.3. The van der Waals surface area contributed by atoms with Crippen molar-refractivity contribution in [3.8, 4) is 0 Å². The number of thioether (sulfide) groups is 1. The fourth-order valence-corrected chi connectivity index (χ4v) is 2.79. The lowest BCUT2D eigenvalue weighted by Gasteiger charge is -2.17. The Morgan fingerprint density at radius 1 is 1.60 bits per heavy atom. The zero-order valence-electron chi connectivity index (χ0n) is 5.76. The Morgan fingerprint density at radius 3 is 3.00 bits per heavy atom. The predicted octanol–water partition coefficient (Wildman–Crippen LogP) is 1.20. The zero-order valence-corrected chi connectivity index (χ0v) is 6.58. The van der Waals surface area contributed by atoms with Crippen LogP contribution in [0.2, 0.25) is 0 Å². The van der Waals surface area contributed by atoms with E-state index >= 15 is 0 Å². The van der Waals surface area contributed by atoms with Crippen molar-refractivity contribution in [2.45, 2.75) is 24.2 Å². The summed E-state index contributed by atoms with van der Waals surface area (Å²) < 4.78 is 5.43. The number of hydrogen-bond donors (Lipinski definition) is 0. The van der Waals surface area contributed by atoms with E-state index in [4.69, 9.17) is 4.74 Å². The number of ketones is 1. The zero-order chi connectivity index (χ0) is 7.03. The van der Waals surface area contributed by atoms with Crippen molar-refractivity contribution in [1.29, 1.82) is 0 Å². The van der Waals surface area contributed by atoms with Gasteiger partial charge in [0.15, 0.2) is 10.7 Å². The van der Waals surface area contributed by atoms with Crippen molar-refractivity contribution in [2.75, 3.05) is 12.4 Å². The lowest BCUT2D eigenvalue weighted by atomic mass is 10.3. The first-order chi connectivity index (χ1) is 4.83. The molecule has 0 N–H and O–H groups in total. The van der Waals surface area contributed by atoms with Gasteiger partial charge < -0.3 is 4.74 Å². The van der Waals surface area contributed by atoms with Crippen LogP contribution in [0.3, 0.4) is 0 Å². The quantitative estimate of drug-likeness (QED) is 0.530. The van der Waals surface area contributed by atoms with Crippen molar-refractivity contribution in [3.63, 3.8) is 0 Å². The lowest BCUT2D eigenvalue weighted by Crippen LogP contribution is -2.28. The monoisotopic (exact) mass is 158 g/mol. The van der Waals surface area contributed by atoms with Crippen LogP contribution >= 0.6 is 11.8 Å². The van der Waals surface area contributed by atoms with Crippen LogP contribution in [-0.2, 0) is 9.53 Å². The molecule has 1 heterocycles. The van der Waals surface area contributed by atoms with Gasteiger partial charge in [-0.15, -0.1) is 11.8 Å². The molecule has 1 saturated carbocycles. The molecule has 1 spiro atoms. The standard InChI is InChI=1S/C7H10O2S/c8-6-2-1-3-7(6)9-4-5-10-7/h1-5H2/t7-/m1/s1. The van der Waals surface area contributed by atoms with Crippen LogP contribution in [-0.4, -0.2) is 23.1 Å². The molecule has 0 aromatic carbocycles. The van der Waals surface area contributed by atoms with E-state index in [1.54, 1.807) is 11.8 Å². The minimum Gasteiger partial charge on any atom is -0.356 e. The first-order valence-electron chi connectivity index (χ1n) is 3.65. The summed E-state index contributed by atoms with van der Waals surface area (Å²) in [5, 5.41) is 0. The van der Waals surface area contributed by atoms with Crippen molar-refractivity contribution >= 4 is 17.5 Å². The van der Waals surface area contributed by atoms with E-state index in [0.29, 0.717) is 5.78 Å². The van der Waals surface area contributed by atoms with E-state index in [1.165, 1.54) is 0 Å². The average molecular weight is 158 g/mol. The second kappa shape index (κ2) is 2.24. The Labute approximate surface area is 64.3 Å². The maximum atomic E-state index is 11.3. The molecule has 0 bridgehead atoms. The Bertz CT molecular complexity index is 155. The Kier molecular flexibility index (Phi) is 1.49. The summed E-state index contributed by atoms with van der Waals surface area (Å²) in [5.41, 5.74) is 0. The molecule has 0 aromatic rings. The first-order valence-corrected chi connectivity index (χ1v) is 4.63. The van der Waals surface area contributed by atoms with E-state index in [1.807, 2.05) is 0 Å². The molecule has 1 aliphatic heterocycles. The fourth-order valence-electron chi connectivity index (χ4n) is 1.57. The van der Waals surface area contributed by atoms with Crippen molar-refractivity contribution in [1.82, 2.24) is 0 Å². The van der Waals surface area contributed by atoms with Crippen LogP contribution in [0, 0.1) is 0 Å². The highest BCUT2D eigenvalue weighted by Gasteiger charge is 2.46. The van der Waals surface area contributed by atoms with Crippen LogP contribution in [0.5, 0.6) is 0 Å². The van der Waals surface area contributed by atoms with Crippen molar-refractivity contribution < 1.29 is 9.53 Å². The molecule has 1 atom stereocenters. The van der Waals surface area contributed by atoms with Crippen LogP contribution in [0.15, 0.2) is 0 Å². The van der Waals surface area contributed by atoms with Gasteiger partial charge in [-0.05, 0) is 12.8 Å². The summed E-state index contributed by atoms with van der Waals surface area (Å²) in [7, 11) is 0. The summed E-state index contributed by atoms with van der Waals surface area (Å²) in [6, 6.07) is 0. The normalized spacial score (nSPS) is 39.8. The van der Waals surface area contributed by atoms with Gasteiger partial charge in [0.25, 0.3) is 0 Å². The third-order valence-corrected chi connectivity index (χ3v) is 3.48. The van der Waals surface area contributed by atoms with Crippen LogP contribution in [0.1, 0.15) is 19.3 Å². The number of rotatable bonds is 0. The van der Waals surface area contributed by atoms with Gasteiger partial charge in [-0.25, -0.2) is 0 Å². The van der Waals surface area contributed by atoms with Crippen molar-refractivity contribution in [2.24, 2.45) is 0 Å². The van der Waals surface area contributed by atoms with E-state index < -0.39 is 0 Å². The van der Waals surface area contributed by atoms with Crippen molar-refractivity contribution in [3.05, 3.63) is 0 Å². The molecular formula is C7H10O2S. The third-order valence-electron chi connectivity index (χ3n) is 2.09. The highest BCUT2D eigenvalue weighted by atomic mass is 32.2. The Morgan fingerprint density at radius 2 is 2.50 bits per heavy atom. The van der Waals surface area contributed by atoms with E-state index in [0.717, 1.165) is 31.6 Å². The average Bonchev–Trinajstić information content (AvgIpc) is 2.48. The van der Waals surface area contributed by atoms with Gasteiger partial charge in [0, 0.05) is 12.2 Å². The van der Waals surface area contributed by atoms with Gasteiger partial charge >= 0.3 is 0 Å². The Balaban J connectivity index is 2.19. The summed E-state index contributed by atoms with van der Waals surface area (Å²) in [4.78, 5) is 10.9. The molecule has 0 amide bonds. The van der Waals surface area contributed by atoms with Gasteiger partial charge in [-0.1, -0.05) is 0 Å². The van der Waals surface area contributed by atoms with E-state index in [2.05, 4.69) is 0 Å². The molecule has 0 unspecified atom stereocenters. The summed E-state index contributed by atoms with van der Waals surface area (Å²) in [6.07, 6.45) is 2.69. The van der Waals surface area contributed by atoms with Gasteiger partial charge in [0.1, 0.15) is 0 Å². The number of carbonyl (C=O) groups is 1. The predicted molar refractivity (Wildman–Crippen MR) is 40.0 cm³/mol. The minimum absolute atomic E-state index is 0.315. The second-order valence-corrected chi connectivity index (χ2v) is 4.08. The summed E-state index contributed by atoms with van der Waals surface area (Å²) >= 11 is 1.69. The highest BCUT2D eigenvalue weighted by molar-refractivity contribution is 8.01. The molecule has 10 heavy (non-hydrogen) atoms. The SMILES string of the molecule is O=C1CCC[C@]12OCCS2. The smallest absolute Gasteiger partial charge is 0.174 e. The number of ether oxygens (including phenoxy) is 1. The van der Waals surface area contributed by atoms with Gasteiger partial charge in [-0.2, -0.15) is 0 Å². The van der Waals surface area contributed by atoms with Crippen LogP contribution in [0.25, 0.3) is 0 Å². The fraction of sp³-hybridized carbons (Fsp3) is 0.857. The highest BCUT2D eigenvalue weighted by Crippen LogP contribution is 2.43. The van der Waals surface area contributed by atoms with Gasteiger partial charge in [0.05, 0.1) is 6.61 Å².